The van der Waals surface area contributed by atoms with Crippen LogP contribution in [-0.2, 0) is 12.7 Å². The summed E-state index contributed by atoms with van der Waals surface area (Å²) in [7, 11) is 3.02. The highest BCUT2D eigenvalue weighted by Gasteiger charge is 2.32. The van der Waals surface area contributed by atoms with Crippen molar-refractivity contribution < 1.29 is 22.7 Å². The lowest BCUT2D eigenvalue weighted by Crippen LogP contribution is -2.30. The Hall–Kier alpha value is -2.36. The Morgan fingerprint density at radius 2 is 2.17 bits per heavy atom. The van der Waals surface area contributed by atoms with Gasteiger partial charge in [-0.15, -0.1) is 0 Å². The molecule has 0 bridgehead atoms. The zero-order valence-electron chi connectivity index (χ0n) is 12.2. The molecule has 0 saturated heterocycles. The summed E-state index contributed by atoms with van der Waals surface area (Å²) >= 11 is 1.20. The number of nitrogens with one attached hydrogen (secondary N) is 1. The molecule has 2 aromatic rings. The highest BCUT2D eigenvalue weighted by atomic mass is 32.1. The molecule has 0 atom stereocenters. The Morgan fingerprint density at radius 3 is 2.74 bits per heavy atom. The summed E-state index contributed by atoms with van der Waals surface area (Å²) in [6, 6.07) is 1.47. The summed E-state index contributed by atoms with van der Waals surface area (Å²) in [6.07, 6.45) is -3.55. The van der Waals surface area contributed by atoms with Gasteiger partial charge >= 0.3 is 12.2 Å². The molecule has 2 rings (SSSR count). The highest BCUT2D eigenvalue weighted by Crippen LogP contribution is 2.27. The molecular weight excluding hydrogens is 333 g/mol. The number of carbonyl (C=O) groups excluding carboxylic acids is 1. The minimum absolute atomic E-state index is 0.172. The summed E-state index contributed by atoms with van der Waals surface area (Å²) in [5.74, 6) is 0.436. The second kappa shape index (κ2) is 6.82. The Morgan fingerprint density at radius 1 is 1.43 bits per heavy atom. The number of carbonyl (C=O) groups is 1. The summed E-state index contributed by atoms with van der Waals surface area (Å²) in [5.41, 5.74) is -0.108. The number of halogens is 3. The normalized spacial score (nSPS) is 11.2. The second-order valence-corrected chi connectivity index (χ2v) is 5.19. The lowest BCUT2D eigenvalue weighted by molar-refractivity contribution is -0.141. The number of hydrogen-bond acceptors (Lipinski definition) is 5. The molecule has 0 aromatic carbocycles. The smallest absolute Gasteiger partial charge is 0.433 e. The van der Waals surface area contributed by atoms with Crippen LogP contribution in [-0.4, -0.2) is 34.4 Å². The maximum Gasteiger partial charge on any atom is 0.433 e. The molecule has 0 aliphatic carbocycles. The van der Waals surface area contributed by atoms with Crippen LogP contribution >= 0.6 is 11.5 Å². The maximum atomic E-state index is 12.4. The molecule has 0 aliphatic rings. The number of pyridine rings is 1. The van der Waals surface area contributed by atoms with Crippen molar-refractivity contribution in [3.63, 3.8) is 0 Å². The van der Waals surface area contributed by atoms with Gasteiger partial charge in [0.15, 0.2) is 0 Å². The molecule has 10 heteroatoms. The summed E-state index contributed by atoms with van der Waals surface area (Å²) in [5, 5.41) is 4.22. The molecule has 0 unspecified atom stereocenters. The van der Waals surface area contributed by atoms with Crippen LogP contribution in [0.4, 0.5) is 23.7 Å². The van der Waals surface area contributed by atoms with Gasteiger partial charge in [-0.2, -0.15) is 17.5 Å². The molecular formula is C13H13F3N4O2S. The van der Waals surface area contributed by atoms with E-state index in [1.165, 1.54) is 23.5 Å². The number of rotatable bonds is 4. The van der Waals surface area contributed by atoms with Crippen LogP contribution in [0.15, 0.2) is 23.7 Å². The third kappa shape index (κ3) is 4.31. The highest BCUT2D eigenvalue weighted by molar-refractivity contribution is 7.03. The van der Waals surface area contributed by atoms with Gasteiger partial charge in [0, 0.05) is 18.0 Å². The zero-order chi connectivity index (χ0) is 17.0. The molecule has 0 fully saturated rings. The van der Waals surface area contributed by atoms with E-state index in [-0.39, 0.29) is 12.2 Å². The average molecular weight is 346 g/mol. The van der Waals surface area contributed by atoms with Crippen molar-refractivity contribution in [2.24, 2.45) is 0 Å². The Labute approximate surface area is 134 Å². The number of nitrogens with zero attached hydrogens (tertiary/aromatic N) is 3. The predicted octanol–water partition coefficient (Wildman–Crippen LogP) is 3.23. The largest absolute Gasteiger partial charge is 0.480 e. The fourth-order valence-electron chi connectivity index (χ4n) is 1.70. The summed E-state index contributed by atoms with van der Waals surface area (Å²) in [4.78, 5) is 16.7. The van der Waals surface area contributed by atoms with Crippen LogP contribution in [0.25, 0.3) is 0 Å². The van der Waals surface area contributed by atoms with Crippen LogP contribution in [0.1, 0.15) is 11.3 Å². The minimum atomic E-state index is -4.51. The van der Waals surface area contributed by atoms with Crippen LogP contribution in [0, 0.1) is 0 Å². The number of urea groups is 1. The number of aromatic nitrogens is 2. The van der Waals surface area contributed by atoms with Gasteiger partial charge in [0.05, 0.1) is 25.5 Å². The van der Waals surface area contributed by atoms with Crippen LogP contribution in [0.5, 0.6) is 5.88 Å². The van der Waals surface area contributed by atoms with Crippen molar-refractivity contribution >= 4 is 23.3 Å². The van der Waals surface area contributed by atoms with E-state index in [2.05, 4.69) is 14.7 Å². The van der Waals surface area contributed by atoms with Crippen molar-refractivity contribution in [1.82, 2.24) is 14.3 Å². The Kier molecular flexibility index (Phi) is 5.04. The molecule has 6 nitrogen and oxygen atoms in total. The van der Waals surface area contributed by atoms with Gasteiger partial charge in [-0.1, -0.05) is 0 Å². The summed E-state index contributed by atoms with van der Waals surface area (Å²) < 4.78 is 46.3. The molecule has 0 spiro atoms. The van der Waals surface area contributed by atoms with Gasteiger partial charge in [-0.05, 0) is 23.7 Å². The monoisotopic (exact) mass is 346 g/mol. The number of anilines is 1. The van der Waals surface area contributed by atoms with Crippen molar-refractivity contribution in [1.29, 1.82) is 0 Å². The lowest BCUT2D eigenvalue weighted by Gasteiger charge is -2.17. The van der Waals surface area contributed by atoms with Gasteiger partial charge in [-0.3, -0.25) is 0 Å². The van der Waals surface area contributed by atoms with Crippen LogP contribution < -0.4 is 10.1 Å². The van der Waals surface area contributed by atoms with Gasteiger partial charge in [0.1, 0.15) is 5.69 Å². The molecule has 0 saturated carbocycles. The first-order chi connectivity index (χ1) is 10.8. The van der Waals surface area contributed by atoms with Gasteiger partial charge in [0.25, 0.3) is 0 Å². The van der Waals surface area contributed by atoms with E-state index in [4.69, 9.17) is 4.74 Å². The molecule has 1 N–H and O–H groups in total. The van der Waals surface area contributed by atoms with E-state index in [0.29, 0.717) is 5.88 Å². The van der Waals surface area contributed by atoms with Crippen molar-refractivity contribution in [2.45, 2.75) is 12.7 Å². The van der Waals surface area contributed by atoms with Crippen molar-refractivity contribution in [3.8, 4) is 5.88 Å². The SMILES string of the molecule is COc1nscc1CN(C)C(=O)Nc1ccc(C(F)(F)F)nc1. The van der Waals surface area contributed by atoms with E-state index in [9.17, 15) is 18.0 Å². The van der Waals surface area contributed by atoms with E-state index in [0.717, 1.165) is 23.9 Å². The third-order valence-electron chi connectivity index (χ3n) is 2.86. The lowest BCUT2D eigenvalue weighted by atomic mass is 10.3. The molecule has 2 heterocycles. The average Bonchev–Trinajstić information content (AvgIpc) is 2.94. The van der Waals surface area contributed by atoms with Crippen LogP contribution in [0.3, 0.4) is 0 Å². The van der Waals surface area contributed by atoms with Gasteiger partial charge in [-0.25, -0.2) is 9.78 Å². The standard InChI is InChI=1S/C13H13F3N4O2S/c1-20(6-8-7-23-19-11(8)22-2)12(21)18-9-3-4-10(17-5-9)13(14,15)16/h3-5,7H,6H2,1-2H3,(H,18,21). The Balaban J connectivity index is 1.98. The molecule has 23 heavy (non-hydrogen) atoms. The number of ether oxygens (including phenoxy) is 1. The first-order valence-corrected chi connectivity index (χ1v) is 7.17. The van der Waals surface area contributed by atoms with E-state index in [1.807, 2.05) is 0 Å². The molecule has 0 aliphatic heterocycles. The van der Waals surface area contributed by atoms with Crippen LogP contribution in [0.2, 0.25) is 0 Å². The zero-order valence-corrected chi connectivity index (χ0v) is 13.0. The topological polar surface area (TPSA) is 67.3 Å². The number of amides is 2. The molecule has 124 valence electrons. The third-order valence-corrected chi connectivity index (χ3v) is 3.52. The van der Waals surface area contributed by atoms with Crippen molar-refractivity contribution in [3.05, 3.63) is 35.0 Å². The predicted molar refractivity (Wildman–Crippen MR) is 78.4 cm³/mol. The molecule has 0 radical (unpaired) electrons. The first kappa shape index (κ1) is 17.0. The van der Waals surface area contributed by atoms with E-state index in [1.54, 1.807) is 12.4 Å². The van der Waals surface area contributed by atoms with Crippen molar-refractivity contribution in [2.75, 3.05) is 19.5 Å². The van der Waals surface area contributed by atoms with Gasteiger partial charge in [0.2, 0.25) is 5.88 Å². The number of hydrogen-bond donors (Lipinski definition) is 1. The minimum Gasteiger partial charge on any atom is -0.480 e. The fourth-order valence-corrected chi connectivity index (χ4v) is 2.34. The van der Waals surface area contributed by atoms with E-state index >= 15 is 0 Å². The maximum absolute atomic E-state index is 12.4. The number of methoxy groups -OCH3 is 1. The summed E-state index contributed by atoms with van der Waals surface area (Å²) in [6.45, 7) is 0.250. The van der Waals surface area contributed by atoms with E-state index < -0.39 is 17.9 Å². The van der Waals surface area contributed by atoms with Gasteiger partial charge < -0.3 is 15.0 Å². The molecule has 2 amide bonds. The first-order valence-electron chi connectivity index (χ1n) is 6.34. The Bertz CT molecular complexity index is 673. The number of alkyl halides is 3. The quantitative estimate of drug-likeness (QED) is 0.923. The fraction of sp³-hybridized carbons (Fsp3) is 0.308. The molecule has 2 aromatic heterocycles. The second-order valence-electron chi connectivity index (χ2n) is 4.57.